The molecule has 0 radical (unpaired) electrons. The molecule has 0 saturated carbocycles. The summed E-state index contributed by atoms with van der Waals surface area (Å²) in [5.41, 5.74) is 2.13. The number of fused-ring (bicyclic) bond motifs is 3. The molecule has 0 fully saturated rings. The van der Waals surface area contributed by atoms with Crippen LogP contribution in [0, 0.1) is 0 Å². The van der Waals surface area contributed by atoms with Crippen molar-refractivity contribution in [3.05, 3.63) is 86.2 Å². The van der Waals surface area contributed by atoms with Gasteiger partial charge in [0.2, 0.25) is 5.88 Å². The molecule has 1 atom stereocenters. The third-order valence-corrected chi connectivity index (χ3v) is 6.26. The van der Waals surface area contributed by atoms with Gasteiger partial charge in [-0.15, -0.1) is 0 Å². The zero-order valence-corrected chi connectivity index (χ0v) is 17.9. The average molecular weight is 432 g/mol. The summed E-state index contributed by atoms with van der Waals surface area (Å²) in [5.74, 6) is 0.0170. The number of rotatable bonds is 4. The summed E-state index contributed by atoms with van der Waals surface area (Å²) in [7, 11) is 1.49. The summed E-state index contributed by atoms with van der Waals surface area (Å²) in [6.45, 7) is 3.41. The Labute approximate surface area is 183 Å². The zero-order valence-electron chi connectivity index (χ0n) is 17.9. The summed E-state index contributed by atoms with van der Waals surface area (Å²) >= 11 is 0. The Morgan fingerprint density at radius 1 is 1.09 bits per heavy atom. The van der Waals surface area contributed by atoms with Crippen LogP contribution in [0.25, 0.3) is 16.6 Å². The number of H-pyrrole nitrogens is 2. The molecule has 0 unspecified atom stereocenters. The third kappa shape index (κ3) is 2.95. The highest BCUT2D eigenvalue weighted by atomic mass is 16.5. The highest BCUT2D eigenvalue weighted by Crippen LogP contribution is 2.40. The molecule has 2 aromatic carbocycles. The minimum atomic E-state index is -0.725. The number of hydrogen-bond donors (Lipinski definition) is 3. The lowest BCUT2D eigenvalue weighted by Gasteiger charge is -2.35. The van der Waals surface area contributed by atoms with Crippen molar-refractivity contribution in [1.29, 1.82) is 0 Å². The van der Waals surface area contributed by atoms with E-state index in [0.29, 0.717) is 18.0 Å². The number of methoxy groups -OCH3 is 1. The minimum Gasteiger partial charge on any atom is -0.495 e. The molecule has 4 aromatic rings. The van der Waals surface area contributed by atoms with Gasteiger partial charge >= 0.3 is 5.69 Å². The molecule has 0 amide bonds. The predicted octanol–water partition coefficient (Wildman–Crippen LogP) is 2.69. The molecule has 164 valence electrons. The number of benzene rings is 2. The van der Waals surface area contributed by atoms with E-state index in [1.54, 1.807) is 24.3 Å². The maximum atomic E-state index is 13.1. The smallest absolute Gasteiger partial charge is 0.335 e. The number of nitrogens with zero attached hydrogens (tertiary/aromatic N) is 2. The number of ether oxygens (including phenoxy) is 1. The van der Waals surface area contributed by atoms with Gasteiger partial charge in [0.05, 0.1) is 18.8 Å². The van der Waals surface area contributed by atoms with Gasteiger partial charge in [-0.25, -0.2) is 9.36 Å². The van der Waals surface area contributed by atoms with Gasteiger partial charge in [0, 0.05) is 23.1 Å². The average Bonchev–Trinajstić information content (AvgIpc) is 3.18. The Kier molecular flexibility index (Phi) is 4.86. The van der Waals surface area contributed by atoms with Crippen molar-refractivity contribution in [1.82, 2.24) is 19.4 Å². The summed E-state index contributed by atoms with van der Waals surface area (Å²) in [6, 6.07) is 14.4. The topological polar surface area (TPSA) is 103 Å². The summed E-state index contributed by atoms with van der Waals surface area (Å²) < 4.78 is 6.48. The van der Waals surface area contributed by atoms with Gasteiger partial charge in [0.15, 0.2) is 0 Å². The van der Waals surface area contributed by atoms with Crippen LogP contribution in [0.15, 0.2) is 58.1 Å². The Bertz CT molecular complexity index is 1430. The van der Waals surface area contributed by atoms with Gasteiger partial charge in [0.25, 0.3) is 5.56 Å². The molecule has 2 aromatic heterocycles. The highest BCUT2D eigenvalue weighted by molar-refractivity contribution is 5.85. The van der Waals surface area contributed by atoms with Gasteiger partial charge in [-0.2, -0.15) is 0 Å². The monoisotopic (exact) mass is 432 g/mol. The van der Waals surface area contributed by atoms with Crippen molar-refractivity contribution >= 4 is 10.9 Å². The first-order valence-electron chi connectivity index (χ1n) is 10.6. The first-order valence-corrected chi connectivity index (χ1v) is 10.6. The second kappa shape index (κ2) is 7.72. The largest absolute Gasteiger partial charge is 0.495 e. The molecule has 3 N–H and O–H groups in total. The van der Waals surface area contributed by atoms with Crippen molar-refractivity contribution < 1.29 is 9.84 Å². The van der Waals surface area contributed by atoms with Crippen molar-refractivity contribution in [2.45, 2.75) is 19.4 Å². The lowest BCUT2D eigenvalue weighted by molar-refractivity contribution is 0.215. The van der Waals surface area contributed by atoms with E-state index in [2.05, 4.69) is 20.9 Å². The number of para-hydroxylation sites is 3. The molecule has 8 heteroatoms. The maximum Gasteiger partial charge on any atom is 0.335 e. The van der Waals surface area contributed by atoms with E-state index < -0.39 is 23.2 Å². The Balaban J connectivity index is 1.80. The third-order valence-electron chi connectivity index (χ3n) is 6.26. The van der Waals surface area contributed by atoms with Gasteiger partial charge in [-0.1, -0.05) is 37.3 Å². The van der Waals surface area contributed by atoms with Crippen molar-refractivity contribution in [2.75, 3.05) is 20.2 Å². The maximum absolute atomic E-state index is 13.1. The molecule has 32 heavy (non-hydrogen) atoms. The SMILES string of the molecule is CCN1CCc2c([nH]c3ccccc23)[C@@H]1c1c(O)n(-c2ccccc2OC)c(=O)[nH]c1=O. The summed E-state index contributed by atoms with van der Waals surface area (Å²) in [6.07, 6.45) is 0.828. The van der Waals surface area contributed by atoms with Crippen LogP contribution in [0.1, 0.15) is 29.8 Å². The standard InChI is InChI=1S/C24H24N4O4/c1-3-27-13-12-15-14-8-4-5-9-16(14)25-20(15)21(27)19-22(29)26-24(31)28(23(19)30)17-10-6-7-11-18(17)32-2/h4-11,21,25,30H,3,12-13H2,1-2H3,(H,26,29,31)/t21-/m0/s1. The second-order valence-electron chi connectivity index (χ2n) is 7.85. The quantitative estimate of drug-likeness (QED) is 0.460. The highest BCUT2D eigenvalue weighted by Gasteiger charge is 2.36. The molecule has 1 aliphatic heterocycles. The number of hydrogen-bond acceptors (Lipinski definition) is 5. The molecule has 5 rings (SSSR count). The fourth-order valence-electron chi connectivity index (χ4n) is 4.78. The van der Waals surface area contributed by atoms with E-state index in [0.717, 1.165) is 39.7 Å². The van der Waals surface area contributed by atoms with Crippen LogP contribution in [0.5, 0.6) is 11.6 Å². The molecule has 1 aliphatic rings. The molecular weight excluding hydrogens is 408 g/mol. The van der Waals surface area contributed by atoms with Gasteiger partial charge in [-0.05, 0) is 36.7 Å². The van der Waals surface area contributed by atoms with Crippen molar-refractivity contribution in [3.8, 4) is 17.3 Å². The first-order chi connectivity index (χ1) is 15.5. The zero-order chi connectivity index (χ0) is 22.4. The molecule has 3 heterocycles. The molecule has 0 aliphatic carbocycles. The fourth-order valence-corrected chi connectivity index (χ4v) is 4.78. The van der Waals surface area contributed by atoms with E-state index in [1.807, 2.05) is 25.1 Å². The number of aromatic nitrogens is 3. The van der Waals surface area contributed by atoms with E-state index in [-0.39, 0.29) is 5.56 Å². The van der Waals surface area contributed by atoms with E-state index >= 15 is 0 Å². The Hall–Kier alpha value is -3.78. The molecule has 0 saturated heterocycles. The number of aromatic hydroxyl groups is 1. The lowest BCUT2D eigenvalue weighted by Crippen LogP contribution is -2.41. The number of nitrogens with one attached hydrogen (secondary N) is 2. The van der Waals surface area contributed by atoms with Crippen LogP contribution in [0.4, 0.5) is 0 Å². The Morgan fingerprint density at radius 3 is 2.62 bits per heavy atom. The fraction of sp³-hybridized carbons (Fsp3) is 0.250. The van der Waals surface area contributed by atoms with Gasteiger partial charge < -0.3 is 14.8 Å². The van der Waals surface area contributed by atoms with Gasteiger partial charge in [-0.3, -0.25) is 14.7 Å². The lowest BCUT2D eigenvalue weighted by atomic mass is 9.93. The Morgan fingerprint density at radius 2 is 1.84 bits per heavy atom. The summed E-state index contributed by atoms with van der Waals surface area (Å²) in [5, 5.41) is 12.4. The molecule has 8 nitrogen and oxygen atoms in total. The van der Waals surface area contributed by atoms with E-state index in [4.69, 9.17) is 4.74 Å². The minimum absolute atomic E-state index is 0.130. The van der Waals surface area contributed by atoms with Crippen LogP contribution in [-0.2, 0) is 6.42 Å². The van der Waals surface area contributed by atoms with Crippen LogP contribution >= 0.6 is 0 Å². The molecular formula is C24H24N4O4. The van der Waals surface area contributed by atoms with Crippen LogP contribution < -0.4 is 16.0 Å². The molecule has 0 spiro atoms. The number of aromatic amines is 2. The van der Waals surface area contributed by atoms with Crippen molar-refractivity contribution in [3.63, 3.8) is 0 Å². The van der Waals surface area contributed by atoms with Crippen LogP contribution in [-0.4, -0.2) is 44.7 Å². The normalized spacial score (nSPS) is 16.2. The molecule has 0 bridgehead atoms. The second-order valence-corrected chi connectivity index (χ2v) is 7.85. The van der Waals surface area contributed by atoms with Crippen LogP contribution in [0.2, 0.25) is 0 Å². The predicted molar refractivity (Wildman–Crippen MR) is 122 cm³/mol. The van der Waals surface area contributed by atoms with Gasteiger partial charge in [0.1, 0.15) is 11.3 Å². The van der Waals surface area contributed by atoms with E-state index in [9.17, 15) is 14.7 Å². The van der Waals surface area contributed by atoms with E-state index in [1.165, 1.54) is 7.11 Å². The van der Waals surface area contributed by atoms with Crippen molar-refractivity contribution in [2.24, 2.45) is 0 Å². The van der Waals surface area contributed by atoms with Crippen LogP contribution in [0.3, 0.4) is 0 Å². The number of likely N-dealkylation sites (N-methyl/N-ethyl adjacent to an activating group) is 1. The summed E-state index contributed by atoms with van der Waals surface area (Å²) in [4.78, 5) is 33.8. The first kappa shape index (κ1) is 20.1.